The van der Waals surface area contributed by atoms with Gasteiger partial charge in [0, 0.05) is 16.3 Å². The molecule has 0 spiro atoms. The van der Waals surface area contributed by atoms with Crippen LogP contribution in [0.15, 0.2) is 47.7 Å². The summed E-state index contributed by atoms with van der Waals surface area (Å²) in [6.07, 6.45) is 0. The van der Waals surface area contributed by atoms with Gasteiger partial charge in [0.15, 0.2) is 16.6 Å². The van der Waals surface area contributed by atoms with Crippen LogP contribution in [0.3, 0.4) is 0 Å². The highest BCUT2D eigenvalue weighted by Gasteiger charge is 2.33. The van der Waals surface area contributed by atoms with Crippen molar-refractivity contribution in [2.75, 3.05) is 26.6 Å². The van der Waals surface area contributed by atoms with E-state index in [1.807, 2.05) is 12.1 Å². The Balaban J connectivity index is 2.05. The molecule has 30 heavy (non-hydrogen) atoms. The number of allylic oxidation sites excluding steroid dienone is 1. The molecule has 2 aromatic carbocycles. The van der Waals surface area contributed by atoms with Crippen molar-refractivity contribution in [1.82, 2.24) is 10.6 Å². The molecule has 7 nitrogen and oxygen atoms in total. The summed E-state index contributed by atoms with van der Waals surface area (Å²) in [6.45, 7) is 1.79. The van der Waals surface area contributed by atoms with E-state index < -0.39 is 6.04 Å². The van der Waals surface area contributed by atoms with E-state index in [2.05, 4.69) is 16.0 Å². The van der Waals surface area contributed by atoms with Crippen molar-refractivity contribution in [3.8, 4) is 17.2 Å². The predicted molar refractivity (Wildman–Crippen MR) is 120 cm³/mol. The molecule has 0 aromatic heterocycles. The van der Waals surface area contributed by atoms with Gasteiger partial charge in [-0.25, -0.2) is 0 Å². The Morgan fingerprint density at radius 3 is 2.50 bits per heavy atom. The van der Waals surface area contributed by atoms with Gasteiger partial charge >= 0.3 is 0 Å². The number of ether oxygens (including phenoxy) is 3. The van der Waals surface area contributed by atoms with Crippen LogP contribution in [0.2, 0.25) is 5.02 Å². The highest BCUT2D eigenvalue weighted by Crippen LogP contribution is 2.39. The molecule has 3 rings (SSSR count). The lowest BCUT2D eigenvalue weighted by Crippen LogP contribution is -2.45. The molecule has 9 heteroatoms. The van der Waals surface area contributed by atoms with E-state index in [-0.39, 0.29) is 5.91 Å². The normalized spacial score (nSPS) is 15.8. The van der Waals surface area contributed by atoms with Crippen LogP contribution in [0.1, 0.15) is 18.5 Å². The van der Waals surface area contributed by atoms with Gasteiger partial charge in [0.1, 0.15) is 5.75 Å². The summed E-state index contributed by atoms with van der Waals surface area (Å²) in [7, 11) is 4.63. The molecule has 0 saturated carbocycles. The third-order valence-electron chi connectivity index (χ3n) is 4.67. The van der Waals surface area contributed by atoms with Crippen molar-refractivity contribution in [2.45, 2.75) is 13.0 Å². The SMILES string of the molecule is COc1ccc(Cl)cc1NC(=O)C1=C(C)NC(=S)NC1c1cccc(OC)c1OC. The van der Waals surface area contributed by atoms with E-state index in [1.54, 1.807) is 45.4 Å². The van der Waals surface area contributed by atoms with Crippen molar-refractivity contribution in [3.05, 3.63) is 58.3 Å². The van der Waals surface area contributed by atoms with Crippen molar-refractivity contribution in [1.29, 1.82) is 0 Å². The first-order chi connectivity index (χ1) is 14.4. The van der Waals surface area contributed by atoms with E-state index in [9.17, 15) is 4.79 Å². The number of hydrogen-bond donors (Lipinski definition) is 3. The largest absolute Gasteiger partial charge is 0.495 e. The Kier molecular flexibility index (Phi) is 6.69. The van der Waals surface area contributed by atoms with Gasteiger partial charge < -0.3 is 30.2 Å². The molecule has 0 fully saturated rings. The van der Waals surface area contributed by atoms with Crippen LogP contribution < -0.4 is 30.2 Å². The molecule has 1 aliphatic rings. The van der Waals surface area contributed by atoms with Crippen LogP contribution >= 0.6 is 23.8 Å². The summed E-state index contributed by atoms with van der Waals surface area (Å²) in [5.74, 6) is 1.22. The van der Waals surface area contributed by atoms with Crippen LogP contribution in [-0.4, -0.2) is 32.3 Å². The number of nitrogens with one attached hydrogen (secondary N) is 3. The first kappa shape index (κ1) is 21.7. The second-order valence-electron chi connectivity index (χ2n) is 6.45. The number of anilines is 1. The number of carbonyl (C=O) groups excluding carboxylic acids is 1. The van der Waals surface area contributed by atoms with E-state index in [0.717, 1.165) is 0 Å². The number of amides is 1. The lowest BCUT2D eigenvalue weighted by atomic mass is 9.93. The number of methoxy groups -OCH3 is 3. The van der Waals surface area contributed by atoms with Gasteiger partial charge in [-0.15, -0.1) is 0 Å². The van der Waals surface area contributed by atoms with Gasteiger partial charge in [-0.05, 0) is 43.4 Å². The summed E-state index contributed by atoms with van der Waals surface area (Å²) in [5.41, 5.74) is 2.23. The minimum atomic E-state index is -0.561. The van der Waals surface area contributed by atoms with Crippen LogP contribution in [0.25, 0.3) is 0 Å². The maximum Gasteiger partial charge on any atom is 0.255 e. The predicted octanol–water partition coefficient (Wildman–Crippen LogP) is 3.80. The molecule has 1 unspecified atom stereocenters. The van der Waals surface area contributed by atoms with Gasteiger partial charge in [0.25, 0.3) is 5.91 Å². The van der Waals surface area contributed by atoms with Gasteiger partial charge in [0.2, 0.25) is 0 Å². The molecular weight excluding hydrogens is 426 g/mol. The zero-order valence-electron chi connectivity index (χ0n) is 17.0. The molecule has 1 amide bonds. The smallest absolute Gasteiger partial charge is 0.255 e. The van der Waals surface area contributed by atoms with Gasteiger partial charge in [-0.1, -0.05) is 23.7 Å². The molecule has 1 aliphatic heterocycles. The second kappa shape index (κ2) is 9.23. The lowest BCUT2D eigenvalue weighted by Gasteiger charge is -2.31. The minimum Gasteiger partial charge on any atom is -0.495 e. The molecule has 158 valence electrons. The third kappa shape index (κ3) is 4.29. The van der Waals surface area contributed by atoms with Crippen LogP contribution in [-0.2, 0) is 4.79 Å². The maximum absolute atomic E-state index is 13.3. The van der Waals surface area contributed by atoms with Crippen LogP contribution in [0.4, 0.5) is 5.69 Å². The third-order valence-corrected chi connectivity index (χ3v) is 5.12. The van der Waals surface area contributed by atoms with E-state index in [0.29, 0.717) is 49.9 Å². The molecule has 0 aliphatic carbocycles. The molecule has 1 atom stereocenters. The van der Waals surface area contributed by atoms with Crippen molar-refractivity contribution in [2.24, 2.45) is 0 Å². The Morgan fingerprint density at radius 2 is 1.83 bits per heavy atom. The average Bonchev–Trinajstić information content (AvgIpc) is 2.72. The summed E-state index contributed by atoms with van der Waals surface area (Å²) in [6, 6.07) is 9.91. The highest BCUT2D eigenvalue weighted by atomic mass is 35.5. The fourth-order valence-electron chi connectivity index (χ4n) is 3.33. The number of rotatable bonds is 6. The van der Waals surface area contributed by atoms with E-state index in [4.69, 9.17) is 38.0 Å². The quantitative estimate of drug-likeness (QED) is 0.581. The number of benzene rings is 2. The van der Waals surface area contributed by atoms with Crippen molar-refractivity contribution in [3.63, 3.8) is 0 Å². The fourth-order valence-corrected chi connectivity index (χ4v) is 3.78. The minimum absolute atomic E-state index is 0.342. The van der Waals surface area contributed by atoms with Crippen molar-refractivity contribution < 1.29 is 19.0 Å². The van der Waals surface area contributed by atoms with E-state index >= 15 is 0 Å². The zero-order chi connectivity index (χ0) is 21.8. The average molecular weight is 448 g/mol. The number of para-hydroxylation sites is 1. The topological polar surface area (TPSA) is 80.9 Å². The first-order valence-electron chi connectivity index (χ1n) is 9.03. The summed E-state index contributed by atoms with van der Waals surface area (Å²) < 4.78 is 16.3. The summed E-state index contributed by atoms with van der Waals surface area (Å²) >= 11 is 11.4. The molecule has 2 aromatic rings. The maximum atomic E-state index is 13.3. The standard InChI is InChI=1S/C21H22ClN3O4S/c1-11-17(20(26)24-14-10-12(22)8-9-15(14)27-2)18(25-21(30)23-11)13-6-5-7-16(28-3)19(13)29-4/h5-10,18H,1-4H3,(H,24,26)(H2,23,25,30). The second-order valence-corrected chi connectivity index (χ2v) is 7.30. The molecular formula is C21H22ClN3O4S. The fraction of sp³-hybridized carbons (Fsp3) is 0.238. The van der Waals surface area contributed by atoms with E-state index in [1.165, 1.54) is 7.11 Å². The number of hydrogen-bond acceptors (Lipinski definition) is 5. The molecule has 3 N–H and O–H groups in total. The monoisotopic (exact) mass is 447 g/mol. The number of carbonyl (C=O) groups is 1. The summed E-state index contributed by atoms with van der Waals surface area (Å²) in [4.78, 5) is 13.3. The highest BCUT2D eigenvalue weighted by molar-refractivity contribution is 7.80. The van der Waals surface area contributed by atoms with Gasteiger partial charge in [0.05, 0.1) is 38.6 Å². The Bertz CT molecular complexity index is 1030. The molecule has 0 bridgehead atoms. The van der Waals surface area contributed by atoms with Crippen LogP contribution in [0, 0.1) is 0 Å². The Hall–Kier alpha value is -2.97. The Labute approximate surface area is 185 Å². The molecule has 0 radical (unpaired) electrons. The molecule has 1 heterocycles. The summed E-state index contributed by atoms with van der Waals surface area (Å²) in [5, 5.41) is 9.93. The number of thiocarbonyl (C=S) groups is 1. The first-order valence-corrected chi connectivity index (χ1v) is 9.82. The number of halogens is 1. The Morgan fingerprint density at radius 1 is 1.10 bits per heavy atom. The lowest BCUT2D eigenvalue weighted by molar-refractivity contribution is -0.113. The van der Waals surface area contributed by atoms with Crippen LogP contribution in [0.5, 0.6) is 17.2 Å². The van der Waals surface area contributed by atoms with Crippen molar-refractivity contribution >= 4 is 40.5 Å². The zero-order valence-corrected chi connectivity index (χ0v) is 18.5. The van der Waals surface area contributed by atoms with Gasteiger partial charge in [-0.3, -0.25) is 4.79 Å². The molecule has 0 saturated heterocycles. The van der Waals surface area contributed by atoms with Gasteiger partial charge in [-0.2, -0.15) is 0 Å².